The molecule has 0 aliphatic rings. The van der Waals surface area contributed by atoms with Crippen LogP contribution in [0.1, 0.15) is 15.9 Å². The van der Waals surface area contributed by atoms with Gasteiger partial charge in [-0.2, -0.15) is 0 Å². The molecule has 0 aliphatic carbocycles. The predicted molar refractivity (Wildman–Crippen MR) is 49.2 cm³/mol. The Hall–Kier alpha value is -1.35. The third-order valence-electron chi connectivity index (χ3n) is 1.82. The minimum atomic E-state index is 0.0542. The Bertz CT molecular complexity index is 294. The number of carbonyl (C=O) groups is 1. The van der Waals surface area contributed by atoms with Gasteiger partial charge >= 0.3 is 0 Å². The number of aliphatic hydroxyl groups is 1. The van der Waals surface area contributed by atoms with Crippen molar-refractivity contribution in [2.24, 2.45) is 0 Å². The Labute approximate surface area is 77.0 Å². The third kappa shape index (κ3) is 2.29. The number of methoxy groups -OCH3 is 1. The largest absolute Gasteiger partial charge is 0.496 e. The van der Waals surface area contributed by atoms with E-state index in [9.17, 15) is 4.79 Å². The molecule has 1 aromatic carbocycles. The molecular formula is C10H12O3. The molecule has 0 radical (unpaired) electrons. The van der Waals surface area contributed by atoms with Crippen LogP contribution in [-0.2, 0) is 6.42 Å². The van der Waals surface area contributed by atoms with Crippen LogP contribution >= 0.6 is 0 Å². The smallest absolute Gasteiger partial charge is 0.150 e. The van der Waals surface area contributed by atoms with Crippen molar-refractivity contribution in [3.63, 3.8) is 0 Å². The minimum absolute atomic E-state index is 0.0542. The Morgan fingerprint density at radius 1 is 1.54 bits per heavy atom. The Kier molecular flexibility index (Phi) is 3.46. The summed E-state index contributed by atoms with van der Waals surface area (Å²) in [4.78, 5) is 10.5. The van der Waals surface area contributed by atoms with Gasteiger partial charge in [-0.1, -0.05) is 0 Å². The highest BCUT2D eigenvalue weighted by Crippen LogP contribution is 2.19. The zero-order valence-electron chi connectivity index (χ0n) is 7.49. The van der Waals surface area contributed by atoms with Crippen molar-refractivity contribution >= 4 is 6.29 Å². The highest BCUT2D eigenvalue weighted by Gasteiger charge is 2.02. The van der Waals surface area contributed by atoms with E-state index in [1.165, 1.54) is 0 Å². The van der Waals surface area contributed by atoms with Crippen LogP contribution in [0.4, 0.5) is 0 Å². The Balaban J connectivity index is 3.02. The molecular weight excluding hydrogens is 168 g/mol. The fourth-order valence-corrected chi connectivity index (χ4v) is 1.19. The molecule has 70 valence electrons. The zero-order chi connectivity index (χ0) is 9.68. The molecule has 0 fully saturated rings. The van der Waals surface area contributed by atoms with E-state index < -0.39 is 0 Å². The van der Waals surface area contributed by atoms with Crippen molar-refractivity contribution in [2.45, 2.75) is 6.42 Å². The fourth-order valence-electron chi connectivity index (χ4n) is 1.19. The summed E-state index contributed by atoms with van der Waals surface area (Å²) in [5.41, 5.74) is 1.46. The van der Waals surface area contributed by atoms with Crippen LogP contribution in [0.2, 0.25) is 0 Å². The average molecular weight is 180 g/mol. The molecule has 0 aliphatic heterocycles. The van der Waals surface area contributed by atoms with Crippen molar-refractivity contribution in [2.75, 3.05) is 13.7 Å². The number of ether oxygens (including phenoxy) is 1. The Morgan fingerprint density at radius 2 is 2.31 bits per heavy atom. The van der Waals surface area contributed by atoms with Crippen LogP contribution in [0.3, 0.4) is 0 Å². The fraction of sp³-hybridized carbons (Fsp3) is 0.300. The van der Waals surface area contributed by atoms with Crippen molar-refractivity contribution in [1.29, 1.82) is 0 Å². The van der Waals surface area contributed by atoms with Gasteiger partial charge in [0.1, 0.15) is 12.0 Å². The van der Waals surface area contributed by atoms with E-state index in [1.807, 2.05) is 0 Å². The summed E-state index contributed by atoms with van der Waals surface area (Å²) in [6.45, 7) is 0.0542. The molecule has 0 aromatic heterocycles. The van der Waals surface area contributed by atoms with Gasteiger partial charge in [0.25, 0.3) is 0 Å². The van der Waals surface area contributed by atoms with Crippen molar-refractivity contribution in [3.05, 3.63) is 29.3 Å². The maximum atomic E-state index is 10.5. The molecule has 0 atom stereocenters. The van der Waals surface area contributed by atoms with Gasteiger partial charge in [-0.15, -0.1) is 0 Å². The predicted octanol–water partition coefficient (Wildman–Crippen LogP) is 1.04. The van der Waals surface area contributed by atoms with Crippen LogP contribution in [0, 0.1) is 0 Å². The second-order valence-corrected chi connectivity index (χ2v) is 2.66. The van der Waals surface area contributed by atoms with Crippen molar-refractivity contribution in [3.8, 4) is 5.75 Å². The molecule has 13 heavy (non-hydrogen) atoms. The van der Waals surface area contributed by atoms with Crippen LogP contribution in [0.25, 0.3) is 0 Å². The molecule has 0 heterocycles. The average Bonchev–Trinajstić information content (AvgIpc) is 2.18. The number of rotatable bonds is 4. The minimum Gasteiger partial charge on any atom is -0.496 e. The first kappa shape index (κ1) is 9.74. The van der Waals surface area contributed by atoms with E-state index in [0.717, 1.165) is 11.8 Å². The number of hydrogen-bond donors (Lipinski definition) is 1. The number of aldehydes is 1. The molecule has 0 amide bonds. The maximum absolute atomic E-state index is 10.5. The number of carbonyl (C=O) groups excluding carboxylic acids is 1. The quantitative estimate of drug-likeness (QED) is 0.704. The summed E-state index contributed by atoms with van der Waals surface area (Å²) in [6, 6.07) is 5.14. The van der Waals surface area contributed by atoms with E-state index in [0.29, 0.717) is 17.7 Å². The number of benzene rings is 1. The maximum Gasteiger partial charge on any atom is 0.150 e. The summed E-state index contributed by atoms with van der Waals surface area (Å²) < 4.78 is 5.07. The molecule has 0 saturated heterocycles. The first-order valence-electron chi connectivity index (χ1n) is 4.04. The van der Waals surface area contributed by atoms with Gasteiger partial charge in [0, 0.05) is 12.2 Å². The second kappa shape index (κ2) is 4.62. The SMILES string of the molecule is COc1ccc(C=O)cc1CCO. The van der Waals surface area contributed by atoms with E-state index in [4.69, 9.17) is 9.84 Å². The van der Waals surface area contributed by atoms with Gasteiger partial charge in [0.2, 0.25) is 0 Å². The van der Waals surface area contributed by atoms with Gasteiger partial charge in [-0.3, -0.25) is 4.79 Å². The first-order valence-corrected chi connectivity index (χ1v) is 4.04. The molecule has 1 N–H and O–H groups in total. The molecule has 0 bridgehead atoms. The molecule has 1 aromatic rings. The van der Waals surface area contributed by atoms with Crippen LogP contribution in [0.5, 0.6) is 5.75 Å². The lowest BCUT2D eigenvalue weighted by atomic mass is 10.1. The lowest BCUT2D eigenvalue weighted by molar-refractivity contribution is 0.112. The summed E-state index contributed by atoms with van der Waals surface area (Å²) in [7, 11) is 1.57. The van der Waals surface area contributed by atoms with E-state index in [-0.39, 0.29) is 6.61 Å². The molecule has 3 nitrogen and oxygen atoms in total. The van der Waals surface area contributed by atoms with Gasteiger partial charge < -0.3 is 9.84 Å². The number of aliphatic hydroxyl groups excluding tert-OH is 1. The van der Waals surface area contributed by atoms with Gasteiger partial charge in [0.15, 0.2) is 0 Å². The van der Waals surface area contributed by atoms with Gasteiger partial charge in [-0.25, -0.2) is 0 Å². The summed E-state index contributed by atoms with van der Waals surface area (Å²) in [5.74, 6) is 0.708. The normalized spacial score (nSPS) is 9.69. The van der Waals surface area contributed by atoms with Gasteiger partial charge in [0.05, 0.1) is 7.11 Å². The third-order valence-corrected chi connectivity index (χ3v) is 1.82. The van der Waals surface area contributed by atoms with E-state index >= 15 is 0 Å². The summed E-state index contributed by atoms with van der Waals surface area (Å²) in [5, 5.41) is 8.76. The summed E-state index contributed by atoms with van der Waals surface area (Å²) in [6.07, 6.45) is 1.28. The van der Waals surface area contributed by atoms with Crippen molar-refractivity contribution < 1.29 is 14.6 Å². The first-order chi connectivity index (χ1) is 6.31. The second-order valence-electron chi connectivity index (χ2n) is 2.66. The molecule has 3 heteroatoms. The van der Waals surface area contributed by atoms with Crippen LogP contribution < -0.4 is 4.74 Å². The van der Waals surface area contributed by atoms with Crippen molar-refractivity contribution in [1.82, 2.24) is 0 Å². The molecule has 0 unspecified atom stereocenters. The Morgan fingerprint density at radius 3 is 2.85 bits per heavy atom. The van der Waals surface area contributed by atoms with E-state index in [2.05, 4.69) is 0 Å². The standard InChI is InChI=1S/C10H12O3/c1-13-10-3-2-8(7-12)6-9(10)4-5-11/h2-3,6-7,11H,4-5H2,1H3. The zero-order valence-corrected chi connectivity index (χ0v) is 7.49. The highest BCUT2D eigenvalue weighted by molar-refractivity contribution is 5.75. The molecule has 0 saturated carbocycles. The topological polar surface area (TPSA) is 46.5 Å². The summed E-state index contributed by atoms with van der Waals surface area (Å²) >= 11 is 0. The van der Waals surface area contributed by atoms with Crippen LogP contribution in [0.15, 0.2) is 18.2 Å². The monoisotopic (exact) mass is 180 g/mol. The van der Waals surface area contributed by atoms with Crippen LogP contribution in [-0.4, -0.2) is 25.1 Å². The number of hydrogen-bond acceptors (Lipinski definition) is 3. The molecule has 1 rings (SSSR count). The molecule has 0 spiro atoms. The highest BCUT2D eigenvalue weighted by atomic mass is 16.5. The van der Waals surface area contributed by atoms with E-state index in [1.54, 1.807) is 25.3 Å². The lowest BCUT2D eigenvalue weighted by Gasteiger charge is -2.07. The lowest BCUT2D eigenvalue weighted by Crippen LogP contribution is -1.96. The van der Waals surface area contributed by atoms with Gasteiger partial charge in [-0.05, 0) is 30.2 Å².